The number of hydrogen-bond donors (Lipinski definition) is 1. The number of amides is 2. The first-order chi connectivity index (χ1) is 12.1. The van der Waals surface area contributed by atoms with Crippen molar-refractivity contribution in [3.63, 3.8) is 0 Å². The Balaban J connectivity index is 1.52. The lowest BCUT2D eigenvalue weighted by atomic mass is 10.1. The molecule has 1 aliphatic heterocycles. The Bertz CT molecular complexity index is 753. The summed E-state index contributed by atoms with van der Waals surface area (Å²) in [5.41, 5.74) is 2.48. The second-order valence-corrected chi connectivity index (χ2v) is 6.65. The second-order valence-electron chi connectivity index (χ2n) is 6.24. The van der Waals surface area contributed by atoms with E-state index in [0.29, 0.717) is 17.1 Å². The molecule has 0 radical (unpaired) electrons. The first-order valence-electron chi connectivity index (χ1n) is 8.52. The SMILES string of the molecule is O=C(Cc1ccccc1Cl)NCc1ccc(C(=O)N2CCCC2)cc1. The zero-order valence-corrected chi connectivity index (χ0v) is 14.8. The van der Waals surface area contributed by atoms with Gasteiger partial charge in [-0.15, -0.1) is 0 Å². The molecule has 0 saturated carbocycles. The lowest BCUT2D eigenvalue weighted by Gasteiger charge is -2.15. The highest BCUT2D eigenvalue weighted by molar-refractivity contribution is 6.31. The van der Waals surface area contributed by atoms with Crippen LogP contribution in [0.4, 0.5) is 0 Å². The van der Waals surface area contributed by atoms with Crippen LogP contribution in [-0.4, -0.2) is 29.8 Å². The van der Waals surface area contributed by atoms with Crippen LogP contribution in [0.1, 0.15) is 34.3 Å². The number of nitrogens with one attached hydrogen (secondary N) is 1. The predicted octanol–water partition coefficient (Wildman–Crippen LogP) is 3.43. The third-order valence-electron chi connectivity index (χ3n) is 4.39. The monoisotopic (exact) mass is 356 g/mol. The number of likely N-dealkylation sites (tertiary alicyclic amines) is 1. The van der Waals surface area contributed by atoms with E-state index in [9.17, 15) is 9.59 Å². The van der Waals surface area contributed by atoms with Crippen LogP contribution in [0.3, 0.4) is 0 Å². The maximum absolute atomic E-state index is 12.3. The molecule has 1 N–H and O–H groups in total. The van der Waals surface area contributed by atoms with Crippen LogP contribution in [0.15, 0.2) is 48.5 Å². The fourth-order valence-electron chi connectivity index (χ4n) is 2.95. The van der Waals surface area contributed by atoms with E-state index < -0.39 is 0 Å². The molecular weight excluding hydrogens is 336 g/mol. The van der Waals surface area contributed by atoms with Gasteiger partial charge in [0.15, 0.2) is 0 Å². The highest BCUT2D eigenvalue weighted by Crippen LogP contribution is 2.16. The number of nitrogens with zero attached hydrogens (tertiary/aromatic N) is 1. The summed E-state index contributed by atoms with van der Waals surface area (Å²) < 4.78 is 0. The molecule has 1 heterocycles. The van der Waals surface area contributed by atoms with Gasteiger partial charge in [-0.3, -0.25) is 9.59 Å². The lowest BCUT2D eigenvalue weighted by Crippen LogP contribution is -2.27. The average molecular weight is 357 g/mol. The quantitative estimate of drug-likeness (QED) is 0.892. The van der Waals surface area contributed by atoms with E-state index in [4.69, 9.17) is 11.6 Å². The molecule has 0 bridgehead atoms. The fourth-order valence-corrected chi connectivity index (χ4v) is 3.15. The molecule has 1 fully saturated rings. The third-order valence-corrected chi connectivity index (χ3v) is 4.76. The van der Waals surface area contributed by atoms with Gasteiger partial charge >= 0.3 is 0 Å². The van der Waals surface area contributed by atoms with E-state index in [1.165, 1.54) is 0 Å². The van der Waals surface area contributed by atoms with Crippen molar-refractivity contribution < 1.29 is 9.59 Å². The molecule has 2 aromatic rings. The molecule has 4 nitrogen and oxygen atoms in total. The first kappa shape index (κ1) is 17.5. The second kappa shape index (κ2) is 8.17. The van der Waals surface area contributed by atoms with Crippen LogP contribution < -0.4 is 5.32 Å². The molecule has 3 rings (SSSR count). The van der Waals surface area contributed by atoms with Crippen molar-refractivity contribution in [2.24, 2.45) is 0 Å². The Hall–Kier alpha value is -2.33. The number of rotatable bonds is 5. The predicted molar refractivity (Wildman–Crippen MR) is 98.6 cm³/mol. The number of carbonyl (C=O) groups excluding carboxylic acids is 2. The van der Waals surface area contributed by atoms with Gasteiger partial charge in [0.1, 0.15) is 0 Å². The van der Waals surface area contributed by atoms with Crippen LogP contribution in [0.25, 0.3) is 0 Å². The van der Waals surface area contributed by atoms with E-state index >= 15 is 0 Å². The minimum absolute atomic E-state index is 0.0784. The maximum atomic E-state index is 12.3. The van der Waals surface area contributed by atoms with Crippen molar-refractivity contribution in [3.8, 4) is 0 Å². The molecule has 0 unspecified atom stereocenters. The molecule has 0 spiro atoms. The van der Waals surface area contributed by atoms with Crippen LogP contribution in [0, 0.1) is 0 Å². The topological polar surface area (TPSA) is 49.4 Å². The van der Waals surface area contributed by atoms with E-state index in [1.807, 2.05) is 47.4 Å². The first-order valence-corrected chi connectivity index (χ1v) is 8.89. The van der Waals surface area contributed by atoms with Crippen LogP contribution >= 0.6 is 11.6 Å². The summed E-state index contributed by atoms with van der Waals surface area (Å²) in [7, 11) is 0. The zero-order chi connectivity index (χ0) is 17.6. The fraction of sp³-hybridized carbons (Fsp3) is 0.300. The van der Waals surface area contributed by atoms with E-state index in [-0.39, 0.29) is 18.2 Å². The van der Waals surface area contributed by atoms with Crippen LogP contribution in [-0.2, 0) is 17.8 Å². The minimum Gasteiger partial charge on any atom is -0.352 e. The molecule has 5 heteroatoms. The number of benzene rings is 2. The molecule has 1 aliphatic rings. The van der Waals surface area contributed by atoms with Crippen molar-refractivity contribution in [2.45, 2.75) is 25.8 Å². The number of carbonyl (C=O) groups is 2. The molecule has 0 atom stereocenters. The van der Waals surface area contributed by atoms with Gasteiger partial charge < -0.3 is 10.2 Å². The van der Waals surface area contributed by atoms with E-state index in [2.05, 4.69) is 5.32 Å². The standard InChI is InChI=1S/C20H21ClN2O2/c21-18-6-2-1-5-17(18)13-19(24)22-14-15-7-9-16(10-8-15)20(25)23-11-3-4-12-23/h1-2,5-10H,3-4,11-14H2,(H,22,24). The van der Waals surface area contributed by atoms with Crippen molar-refractivity contribution in [1.82, 2.24) is 10.2 Å². The van der Waals surface area contributed by atoms with Crippen LogP contribution in [0.2, 0.25) is 5.02 Å². The van der Waals surface area contributed by atoms with Crippen molar-refractivity contribution in [2.75, 3.05) is 13.1 Å². The Morgan fingerprint density at radius 1 is 1.00 bits per heavy atom. The lowest BCUT2D eigenvalue weighted by molar-refractivity contribution is -0.120. The van der Waals surface area contributed by atoms with Gasteiger partial charge in [-0.2, -0.15) is 0 Å². The summed E-state index contributed by atoms with van der Waals surface area (Å²) in [5.74, 6) is 0.0112. The molecule has 2 aromatic carbocycles. The van der Waals surface area contributed by atoms with Crippen molar-refractivity contribution >= 4 is 23.4 Å². The summed E-state index contributed by atoms with van der Waals surface area (Å²) >= 11 is 6.07. The molecule has 130 valence electrons. The Morgan fingerprint density at radius 3 is 2.36 bits per heavy atom. The molecule has 2 amide bonds. The summed E-state index contributed by atoms with van der Waals surface area (Å²) in [6, 6.07) is 14.8. The number of hydrogen-bond acceptors (Lipinski definition) is 2. The van der Waals surface area contributed by atoms with Gasteiger partial charge in [0.2, 0.25) is 5.91 Å². The summed E-state index contributed by atoms with van der Waals surface area (Å²) in [4.78, 5) is 26.2. The van der Waals surface area contributed by atoms with Gasteiger partial charge in [-0.05, 0) is 42.2 Å². The van der Waals surface area contributed by atoms with Crippen molar-refractivity contribution in [3.05, 3.63) is 70.2 Å². The molecule has 25 heavy (non-hydrogen) atoms. The highest BCUT2D eigenvalue weighted by atomic mass is 35.5. The third kappa shape index (κ3) is 4.60. The van der Waals surface area contributed by atoms with E-state index in [0.717, 1.165) is 37.1 Å². The normalized spacial score (nSPS) is 13.7. The van der Waals surface area contributed by atoms with Crippen LogP contribution in [0.5, 0.6) is 0 Å². The van der Waals surface area contributed by atoms with Gasteiger partial charge in [0.25, 0.3) is 5.91 Å². The van der Waals surface area contributed by atoms with Gasteiger partial charge in [0.05, 0.1) is 6.42 Å². The Morgan fingerprint density at radius 2 is 1.68 bits per heavy atom. The average Bonchev–Trinajstić information content (AvgIpc) is 3.16. The molecular formula is C20H21ClN2O2. The zero-order valence-electron chi connectivity index (χ0n) is 14.0. The van der Waals surface area contributed by atoms with Gasteiger partial charge in [0, 0.05) is 30.2 Å². The van der Waals surface area contributed by atoms with E-state index in [1.54, 1.807) is 6.07 Å². The minimum atomic E-state index is -0.0784. The summed E-state index contributed by atoms with van der Waals surface area (Å²) in [6.07, 6.45) is 2.42. The summed E-state index contributed by atoms with van der Waals surface area (Å²) in [5, 5.41) is 3.48. The smallest absolute Gasteiger partial charge is 0.253 e. The molecule has 0 aromatic heterocycles. The van der Waals surface area contributed by atoms with Crippen molar-refractivity contribution in [1.29, 1.82) is 0 Å². The molecule has 0 aliphatic carbocycles. The Labute approximate surface area is 152 Å². The largest absolute Gasteiger partial charge is 0.352 e. The number of halogens is 1. The van der Waals surface area contributed by atoms with Gasteiger partial charge in [-0.25, -0.2) is 0 Å². The maximum Gasteiger partial charge on any atom is 0.253 e. The van der Waals surface area contributed by atoms with Gasteiger partial charge in [-0.1, -0.05) is 41.9 Å². The molecule has 1 saturated heterocycles. The Kier molecular flexibility index (Phi) is 5.71. The highest BCUT2D eigenvalue weighted by Gasteiger charge is 2.19. The summed E-state index contributed by atoms with van der Waals surface area (Å²) in [6.45, 7) is 2.12.